The summed E-state index contributed by atoms with van der Waals surface area (Å²) in [7, 11) is 0. The number of carbonyl (C=O) groups is 2. The molecule has 0 saturated carbocycles. The molecule has 0 amide bonds. The van der Waals surface area contributed by atoms with Gasteiger partial charge < -0.3 is 35.0 Å². The van der Waals surface area contributed by atoms with Crippen molar-refractivity contribution >= 4 is 17.3 Å². The van der Waals surface area contributed by atoms with Crippen molar-refractivity contribution in [2.24, 2.45) is 0 Å². The average molecular weight is 366 g/mol. The SMILES string of the molecule is CC1=C(O)c2cccc(O[C@@H]3O[C@H](CO)[C@@H](O)[C@H](O)[C@H]3O)c2C(=O)C1=O. The first-order valence-electron chi connectivity index (χ1n) is 7.87. The third-order valence-electron chi connectivity index (χ3n) is 4.50. The molecule has 2 aliphatic rings. The van der Waals surface area contributed by atoms with E-state index in [1.165, 1.54) is 25.1 Å². The smallest absolute Gasteiger partial charge is 0.237 e. The monoisotopic (exact) mass is 366 g/mol. The number of aliphatic hydroxyl groups excluding tert-OH is 5. The fourth-order valence-corrected chi connectivity index (χ4v) is 2.94. The lowest BCUT2D eigenvalue weighted by Crippen LogP contribution is -2.60. The van der Waals surface area contributed by atoms with Gasteiger partial charge in [0.25, 0.3) is 0 Å². The molecule has 140 valence electrons. The first kappa shape index (κ1) is 18.5. The van der Waals surface area contributed by atoms with Gasteiger partial charge in [-0.2, -0.15) is 0 Å². The molecule has 0 aromatic heterocycles. The molecule has 1 aromatic rings. The predicted octanol–water partition coefficient (Wildman–Crippen LogP) is -1.08. The van der Waals surface area contributed by atoms with E-state index >= 15 is 0 Å². The van der Waals surface area contributed by atoms with Gasteiger partial charge in [-0.15, -0.1) is 0 Å². The lowest BCUT2D eigenvalue weighted by atomic mass is 9.88. The van der Waals surface area contributed by atoms with E-state index in [-0.39, 0.29) is 28.2 Å². The van der Waals surface area contributed by atoms with Gasteiger partial charge in [0.05, 0.1) is 12.2 Å². The van der Waals surface area contributed by atoms with Crippen molar-refractivity contribution in [1.82, 2.24) is 0 Å². The number of ether oxygens (including phenoxy) is 2. The Bertz CT molecular complexity index is 782. The number of hydrogen-bond acceptors (Lipinski definition) is 9. The maximum absolute atomic E-state index is 12.3. The fraction of sp³-hybridized carbons (Fsp3) is 0.412. The first-order valence-corrected chi connectivity index (χ1v) is 7.87. The minimum Gasteiger partial charge on any atom is -0.507 e. The topological polar surface area (TPSA) is 154 Å². The van der Waals surface area contributed by atoms with Crippen LogP contribution in [-0.4, -0.2) is 74.4 Å². The Balaban J connectivity index is 1.98. The molecule has 1 saturated heterocycles. The lowest BCUT2D eigenvalue weighted by molar-refractivity contribution is -0.277. The largest absolute Gasteiger partial charge is 0.507 e. The molecule has 3 rings (SSSR count). The van der Waals surface area contributed by atoms with E-state index in [0.29, 0.717) is 0 Å². The van der Waals surface area contributed by atoms with Gasteiger partial charge in [0.2, 0.25) is 17.9 Å². The van der Waals surface area contributed by atoms with Crippen molar-refractivity contribution in [2.75, 3.05) is 6.61 Å². The van der Waals surface area contributed by atoms with Crippen molar-refractivity contribution in [1.29, 1.82) is 0 Å². The fourth-order valence-electron chi connectivity index (χ4n) is 2.94. The number of hydrogen-bond donors (Lipinski definition) is 5. The standard InChI is InChI=1S/C17H18O9/c1-6-11(19)7-3-2-4-8(10(7)14(22)12(6)20)25-17-16(24)15(23)13(21)9(5-18)26-17/h2-4,9,13,15-19,21,23-24H,5H2,1H3/t9-,13-,15+,16-,17-/m1/s1. The van der Waals surface area contributed by atoms with E-state index in [0.717, 1.165) is 0 Å². The van der Waals surface area contributed by atoms with Gasteiger partial charge >= 0.3 is 0 Å². The summed E-state index contributed by atoms with van der Waals surface area (Å²) in [4.78, 5) is 24.3. The zero-order chi connectivity index (χ0) is 19.2. The van der Waals surface area contributed by atoms with Crippen molar-refractivity contribution in [3.05, 3.63) is 34.9 Å². The van der Waals surface area contributed by atoms with Crippen molar-refractivity contribution in [3.63, 3.8) is 0 Å². The number of fused-ring (bicyclic) bond motifs is 1. The van der Waals surface area contributed by atoms with Crippen LogP contribution in [0.4, 0.5) is 0 Å². The summed E-state index contributed by atoms with van der Waals surface area (Å²) < 4.78 is 10.7. The second-order valence-electron chi connectivity index (χ2n) is 6.13. The van der Waals surface area contributed by atoms with Crippen LogP contribution in [0.15, 0.2) is 23.8 Å². The van der Waals surface area contributed by atoms with E-state index in [1.54, 1.807) is 0 Å². The summed E-state index contributed by atoms with van der Waals surface area (Å²) in [5.74, 6) is -2.29. The van der Waals surface area contributed by atoms with Crippen molar-refractivity contribution < 1.29 is 44.6 Å². The Labute approximate surface area is 147 Å². The molecule has 0 unspecified atom stereocenters. The molecule has 1 heterocycles. The molecular formula is C17H18O9. The lowest BCUT2D eigenvalue weighted by Gasteiger charge is -2.39. The van der Waals surface area contributed by atoms with Crippen molar-refractivity contribution in [2.45, 2.75) is 37.6 Å². The highest BCUT2D eigenvalue weighted by Crippen LogP contribution is 2.35. The predicted molar refractivity (Wildman–Crippen MR) is 85.4 cm³/mol. The molecule has 1 fully saturated rings. The van der Waals surface area contributed by atoms with Gasteiger partial charge in [-0.1, -0.05) is 12.1 Å². The Hall–Kier alpha value is -2.30. The van der Waals surface area contributed by atoms with Crippen LogP contribution in [-0.2, 0) is 9.53 Å². The summed E-state index contributed by atoms with van der Waals surface area (Å²) in [5, 5.41) is 49.0. The average Bonchev–Trinajstić information content (AvgIpc) is 2.64. The zero-order valence-electron chi connectivity index (χ0n) is 13.7. The van der Waals surface area contributed by atoms with Crippen LogP contribution in [0.3, 0.4) is 0 Å². The van der Waals surface area contributed by atoms with Gasteiger partial charge in [-0.25, -0.2) is 0 Å². The molecule has 1 aliphatic carbocycles. The van der Waals surface area contributed by atoms with Gasteiger partial charge in [0.1, 0.15) is 35.9 Å². The number of allylic oxidation sites excluding steroid dienone is 1. The molecule has 0 radical (unpaired) electrons. The number of Topliss-reactive ketones (excluding diaryl/α,β-unsaturated/α-hetero) is 2. The van der Waals surface area contributed by atoms with Crippen LogP contribution in [0.25, 0.3) is 5.76 Å². The molecule has 26 heavy (non-hydrogen) atoms. The van der Waals surface area contributed by atoms with Gasteiger partial charge in [-0.05, 0) is 13.0 Å². The molecule has 5 atom stereocenters. The Morgan fingerprint density at radius 1 is 1.08 bits per heavy atom. The van der Waals surface area contributed by atoms with Crippen LogP contribution in [0, 0.1) is 0 Å². The van der Waals surface area contributed by atoms with E-state index in [9.17, 15) is 35.1 Å². The summed E-state index contributed by atoms with van der Waals surface area (Å²) >= 11 is 0. The van der Waals surface area contributed by atoms with Crippen LogP contribution < -0.4 is 4.74 Å². The van der Waals surface area contributed by atoms with Crippen LogP contribution in [0.1, 0.15) is 22.8 Å². The van der Waals surface area contributed by atoms with Crippen LogP contribution in [0.5, 0.6) is 5.75 Å². The summed E-state index contributed by atoms with van der Waals surface area (Å²) in [6.07, 6.45) is -7.60. The molecule has 5 N–H and O–H groups in total. The summed E-state index contributed by atoms with van der Waals surface area (Å²) in [5.41, 5.74) is -0.195. The minimum absolute atomic E-state index is 0.0903. The highest BCUT2D eigenvalue weighted by atomic mass is 16.7. The van der Waals surface area contributed by atoms with Crippen LogP contribution >= 0.6 is 0 Å². The number of benzene rings is 1. The zero-order valence-corrected chi connectivity index (χ0v) is 13.7. The molecule has 9 heteroatoms. The van der Waals surface area contributed by atoms with E-state index < -0.39 is 48.9 Å². The van der Waals surface area contributed by atoms with E-state index in [1.807, 2.05) is 0 Å². The molecule has 0 spiro atoms. The molecular weight excluding hydrogens is 348 g/mol. The summed E-state index contributed by atoms with van der Waals surface area (Å²) in [6, 6.07) is 4.22. The molecule has 1 aromatic carbocycles. The first-order chi connectivity index (χ1) is 12.3. The second-order valence-corrected chi connectivity index (χ2v) is 6.13. The number of rotatable bonds is 3. The third-order valence-corrected chi connectivity index (χ3v) is 4.50. The molecule has 0 bridgehead atoms. The second kappa shape index (κ2) is 6.78. The van der Waals surface area contributed by atoms with E-state index in [2.05, 4.69) is 0 Å². The third kappa shape index (κ3) is 2.79. The van der Waals surface area contributed by atoms with Crippen molar-refractivity contribution in [3.8, 4) is 5.75 Å². The minimum atomic E-state index is -1.68. The van der Waals surface area contributed by atoms with E-state index in [4.69, 9.17) is 9.47 Å². The maximum atomic E-state index is 12.3. The van der Waals surface area contributed by atoms with Gasteiger partial charge in [-0.3, -0.25) is 9.59 Å². The highest BCUT2D eigenvalue weighted by molar-refractivity contribution is 6.52. The van der Waals surface area contributed by atoms with Crippen LogP contribution in [0.2, 0.25) is 0 Å². The highest BCUT2D eigenvalue weighted by Gasteiger charge is 2.45. The number of aliphatic hydroxyl groups is 5. The Kier molecular flexibility index (Phi) is 4.82. The molecule has 9 nitrogen and oxygen atoms in total. The Morgan fingerprint density at radius 2 is 1.77 bits per heavy atom. The maximum Gasteiger partial charge on any atom is 0.237 e. The van der Waals surface area contributed by atoms with Gasteiger partial charge in [0.15, 0.2) is 0 Å². The van der Waals surface area contributed by atoms with Gasteiger partial charge in [0, 0.05) is 11.1 Å². The number of ketones is 2. The number of carbonyl (C=O) groups excluding carboxylic acids is 2. The summed E-state index contributed by atoms with van der Waals surface area (Å²) in [6.45, 7) is 0.682. The molecule has 1 aliphatic heterocycles. The Morgan fingerprint density at radius 3 is 2.42 bits per heavy atom. The quantitative estimate of drug-likeness (QED) is 0.420. The normalized spacial score (nSPS) is 31.8.